The molecule has 1 aliphatic heterocycles. The van der Waals surface area contributed by atoms with Gasteiger partial charge in [-0.1, -0.05) is 72.3 Å². The number of alkyl halides is 3. The molecule has 4 aromatic carbocycles. The van der Waals surface area contributed by atoms with Crippen molar-refractivity contribution in [2.45, 2.75) is 31.7 Å². The lowest BCUT2D eigenvalue weighted by atomic mass is 10.0. The third kappa shape index (κ3) is 7.14. The molecule has 0 aliphatic carbocycles. The zero-order valence-electron chi connectivity index (χ0n) is 27.6. The maximum atomic E-state index is 15.0. The Labute approximate surface area is 299 Å². The normalized spacial score (nSPS) is 13.4. The summed E-state index contributed by atoms with van der Waals surface area (Å²) in [7, 11) is 1.37. The van der Waals surface area contributed by atoms with Crippen molar-refractivity contribution in [1.29, 1.82) is 0 Å². The molecular formula is C38H31ClF4N4O5. The molecule has 0 fully saturated rings. The third-order valence-corrected chi connectivity index (χ3v) is 9.25. The number of benzene rings is 4. The molecule has 1 aromatic heterocycles. The van der Waals surface area contributed by atoms with Crippen molar-refractivity contribution in [2.75, 3.05) is 20.2 Å². The Kier molecular flexibility index (Phi) is 10.4. The Hall–Kier alpha value is -5.53. The quantitative estimate of drug-likeness (QED) is 0.0885. The molecule has 268 valence electrons. The lowest BCUT2D eigenvalue weighted by Crippen LogP contribution is -2.44. The number of nitrogens with zero attached hydrogens (tertiary/aromatic N) is 3. The van der Waals surface area contributed by atoms with Crippen molar-refractivity contribution in [3.63, 3.8) is 0 Å². The number of carbonyl (C=O) groups excluding carboxylic acids is 2. The predicted molar refractivity (Wildman–Crippen MR) is 186 cm³/mol. The maximum absolute atomic E-state index is 15.0. The maximum Gasteiger partial charge on any atom is 0.416 e. The van der Waals surface area contributed by atoms with E-state index in [0.717, 1.165) is 38.4 Å². The summed E-state index contributed by atoms with van der Waals surface area (Å²) in [5, 5.41) is 3.32. The zero-order chi connectivity index (χ0) is 37.2. The van der Waals surface area contributed by atoms with Gasteiger partial charge in [-0.3, -0.25) is 28.4 Å². The fraction of sp³-hybridized carbons (Fsp3) is 0.211. The van der Waals surface area contributed by atoms with E-state index in [2.05, 4.69) is 5.32 Å². The number of imide groups is 1. The van der Waals surface area contributed by atoms with E-state index in [9.17, 15) is 32.3 Å². The molecule has 0 unspecified atom stereocenters. The Morgan fingerprint density at radius 2 is 1.44 bits per heavy atom. The highest BCUT2D eigenvalue weighted by Crippen LogP contribution is 2.35. The highest BCUT2D eigenvalue weighted by atomic mass is 35.5. The van der Waals surface area contributed by atoms with Crippen molar-refractivity contribution in [2.24, 2.45) is 0 Å². The van der Waals surface area contributed by atoms with Gasteiger partial charge in [0.1, 0.15) is 11.6 Å². The van der Waals surface area contributed by atoms with Crippen LogP contribution in [0.5, 0.6) is 5.75 Å². The van der Waals surface area contributed by atoms with E-state index in [1.54, 1.807) is 66.7 Å². The fourth-order valence-corrected chi connectivity index (χ4v) is 6.56. The van der Waals surface area contributed by atoms with Crippen molar-refractivity contribution in [3.8, 4) is 16.9 Å². The molecule has 1 aliphatic rings. The highest BCUT2D eigenvalue weighted by molar-refractivity contribution is 6.34. The monoisotopic (exact) mass is 734 g/mol. The van der Waals surface area contributed by atoms with E-state index in [4.69, 9.17) is 16.3 Å². The summed E-state index contributed by atoms with van der Waals surface area (Å²) in [6.45, 7) is -0.810. The average molecular weight is 735 g/mol. The minimum Gasteiger partial charge on any atom is -0.495 e. The Bertz CT molecular complexity index is 2240. The fourth-order valence-electron chi connectivity index (χ4n) is 6.26. The summed E-state index contributed by atoms with van der Waals surface area (Å²) in [6.07, 6.45) is -3.54. The highest BCUT2D eigenvalue weighted by Gasteiger charge is 2.36. The van der Waals surface area contributed by atoms with Crippen LogP contribution < -0.4 is 21.3 Å². The number of methoxy groups -OCH3 is 1. The number of ether oxygens (including phenoxy) is 1. The number of hydrogen-bond donors (Lipinski definition) is 1. The number of hydrogen-bond acceptors (Lipinski definition) is 6. The molecule has 0 saturated carbocycles. The van der Waals surface area contributed by atoms with Crippen molar-refractivity contribution < 1.29 is 31.9 Å². The van der Waals surface area contributed by atoms with E-state index >= 15 is 4.39 Å². The first-order valence-electron chi connectivity index (χ1n) is 16.2. The number of amides is 2. The Morgan fingerprint density at radius 1 is 0.808 bits per heavy atom. The number of nitrogens with one attached hydrogen (secondary N) is 1. The van der Waals surface area contributed by atoms with E-state index in [-0.39, 0.29) is 41.5 Å². The van der Waals surface area contributed by atoms with Gasteiger partial charge in [0.2, 0.25) is 0 Å². The second kappa shape index (κ2) is 15.0. The number of aromatic nitrogens is 2. The largest absolute Gasteiger partial charge is 0.495 e. The summed E-state index contributed by atoms with van der Waals surface area (Å²) in [5.41, 5.74) is -2.50. The van der Waals surface area contributed by atoms with Crippen molar-refractivity contribution in [1.82, 2.24) is 19.4 Å². The molecule has 5 aromatic rings. The third-order valence-electron chi connectivity index (χ3n) is 8.86. The number of rotatable bonds is 12. The molecular weight excluding hydrogens is 704 g/mol. The topological polar surface area (TPSA) is 103 Å². The molecule has 0 radical (unpaired) electrons. The zero-order valence-corrected chi connectivity index (χ0v) is 28.4. The predicted octanol–water partition coefficient (Wildman–Crippen LogP) is 6.56. The number of halogens is 5. The van der Waals surface area contributed by atoms with Crippen LogP contribution in [-0.4, -0.2) is 46.0 Å². The lowest BCUT2D eigenvalue weighted by Gasteiger charge is -2.23. The van der Waals surface area contributed by atoms with Gasteiger partial charge in [0.05, 0.1) is 53.5 Å². The molecule has 9 nitrogen and oxygen atoms in total. The minimum absolute atomic E-state index is 0.0200. The van der Waals surface area contributed by atoms with E-state index in [1.165, 1.54) is 13.2 Å². The summed E-state index contributed by atoms with van der Waals surface area (Å²) < 4.78 is 64.0. The molecule has 2 heterocycles. The van der Waals surface area contributed by atoms with E-state index in [1.807, 2.05) is 0 Å². The van der Waals surface area contributed by atoms with Gasteiger partial charge in [-0.25, -0.2) is 9.18 Å². The van der Waals surface area contributed by atoms with Gasteiger partial charge in [0, 0.05) is 23.9 Å². The number of carbonyl (C=O) groups is 2. The molecule has 0 bridgehead atoms. The average Bonchev–Trinajstić information content (AvgIpc) is 3.37. The van der Waals surface area contributed by atoms with E-state index in [0.29, 0.717) is 23.1 Å². The van der Waals surface area contributed by atoms with Gasteiger partial charge in [-0.05, 0) is 48.9 Å². The standard InChI is InChI=1S/C38H31ClF4N4O5/c1-52-32-17-7-14-24(33(32)39)27-20-45(21-28-29(38(41,42)43)15-8-16-30(28)40)37(51)47(36(27)50)22-31(23-10-3-2-4-11-23)44-18-9-19-46-34(48)25-12-5-6-13-26(25)35(46)49/h2-8,10-17,20,31,44H,9,18-19,21-22H2,1H3/t31-/m0/s1. The molecule has 1 N–H and O–H groups in total. The smallest absolute Gasteiger partial charge is 0.416 e. The summed E-state index contributed by atoms with van der Waals surface area (Å²) in [5.74, 6) is -1.77. The Balaban J connectivity index is 1.37. The first-order valence-corrected chi connectivity index (χ1v) is 16.5. The van der Waals surface area contributed by atoms with E-state index < -0.39 is 58.8 Å². The van der Waals surface area contributed by atoms with Crippen LogP contribution in [0.15, 0.2) is 107 Å². The first-order chi connectivity index (χ1) is 24.9. The minimum atomic E-state index is -4.93. The molecule has 2 amide bonds. The molecule has 0 saturated heterocycles. The lowest BCUT2D eigenvalue weighted by molar-refractivity contribution is -0.138. The second-order valence-corrected chi connectivity index (χ2v) is 12.4. The van der Waals surface area contributed by atoms with Crippen LogP contribution in [-0.2, 0) is 19.3 Å². The van der Waals surface area contributed by atoms with Crippen LogP contribution in [0.25, 0.3) is 11.1 Å². The van der Waals surface area contributed by atoms with Gasteiger partial charge >= 0.3 is 11.9 Å². The van der Waals surface area contributed by atoms with Gasteiger partial charge in [-0.2, -0.15) is 13.2 Å². The van der Waals surface area contributed by atoms with Crippen LogP contribution in [0, 0.1) is 5.82 Å². The van der Waals surface area contributed by atoms with Crippen LogP contribution >= 0.6 is 11.6 Å². The van der Waals surface area contributed by atoms with Crippen molar-refractivity contribution in [3.05, 3.63) is 157 Å². The molecule has 1 atom stereocenters. The molecule has 52 heavy (non-hydrogen) atoms. The summed E-state index contributed by atoms with van der Waals surface area (Å²) in [6, 6.07) is 21.8. The molecule has 14 heteroatoms. The van der Waals surface area contributed by atoms with Crippen molar-refractivity contribution >= 4 is 23.4 Å². The van der Waals surface area contributed by atoms with Crippen LogP contribution in [0.2, 0.25) is 5.02 Å². The van der Waals surface area contributed by atoms with Gasteiger partial charge < -0.3 is 10.1 Å². The SMILES string of the molecule is COc1cccc(-c2cn(Cc3c(F)cccc3C(F)(F)F)c(=O)n(C[C@H](NCCCN3C(=O)c4ccccc4C3=O)c3ccccc3)c2=O)c1Cl. The first kappa shape index (κ1) is 36.3. The summed E-state index contributed by atoms with van der Waals surface area (Å²) >= 11 is 6.59. The van der Waals surface area contributed by atoms with Crippen LogP contribution in [0.4, 0.5) is 17.6 Å². The summed E-state index contributed by atoms with van der Waals surface area (Å²) in [4.78, 5) is 55.1. The van der Waals surface area contributed by atoms with Gasteiger partial charge in [0.25, 0.3) is 17.4 Å². The van der Waals surface area contributed by atoms with Crippen LogP contribution in [0.1, 0.15) is 49.9 Å². The van der Waals surface area contributed by atoms with Gasteiger partial charge in [0.15, 0.2) is 0 Å². The van der Waals surface area contributed by atoms with Crippen LogP contribution in [0.3, 0.4) is 0 Å². The Morgan fingerprint density at radius 3 is 2.10 bits per heavy atom. The molecule has 6 rings (SSSR count). The van der Waals surface area contributed by atoms with Gasteiger partial charge in [-0.15, -0.1) is 0 Å². The number of fused-ring (bicyclic) bond motifs is 1. The second-order valence-electron chi connectivity index (χ2n) is 12.0. The molecule has 0 spiro atoms.